The van der Waals surface area contributed by atoms with Crippen molar-refractivity contribution in [3.8, 4) is 0 Å². The van der Waals surface area contributed by atoms with E-state index in [0.717, 1.165) is 37.3 Å². The summed E-state index contributed by atoms with van der Waals surface area (Å²) < 4.78 is 27.6. The van der Waals surface area contributed by atoms with Crippen LogP contribution in [0.1, 0.15) is 29.9 Å². The molecule has 0 saturated carbocycles. The molecule has 3 heterocycles. The van der Waals surface area contributed by atoms with Gasteiger partial charge in [0, 0.05) is 37.0 Å². The van der Waals surface area contributed by atoms with Crippen molar-refractivity contribution in [1.82, 2.24) is 19.3 Å². The van der Waals surface area contributed by atoms with Gasteiger partial charge in [-0.25, -0.2) is 13.8 Å². The molecule has 24 heavy (non-hydrogen) atoms. The summed E-state index contributed by atoms with van der Waals surface area (Å²) >= 11 is 0. The molecule has 1 N–H and O–H groups in total. The van der Waals surface area contributed by atoms with Gasteiger partial charge in [-0.2, -0.15) is 5.10 Å². The number of hydrogen-bond donors (Lipinski definition) is 1. The van der Waals surface area contributed by atoms with E-state index in [0.29, 0.717) is 24.2 Å². The second-order valence-electron chi connectivity index (χ2n) is 6.02. The van der Waals surface area contributed by atoms with Crippen molar-refractivity contribution in [1.29, 1.82) is 0 Å². The number of anilines is 1. The van der Waals surface area contributed by atoms with E-state index in [1.165, 1.54) is 17.1 Å². The summed E-state index contributed by atoms with van der Waals surface area (Å²) in [5.74, 6) is 0.883. The molecule has 0 aliphatic carbocycles. The number of nitrogens with one attached hydrogen (secondary N) is 1. The van der Waals surface area contributed by atoms with Gasteiger partial charge in [-0.15, -0.1) is 0 Å². The molecule has 0 saturated heterocycles. The Bertz CT molecular complexity index is 768. The minimum Gasteiger partial charge on any atom is -0.382 e. The number of rotatable bonds is 6. The molecule has 0 spiro atoms. The van der Waals surface area contributed by atoms with Crippen LogP contribution in [0.5, 0.6) is 0 Å². The van der Waals surface area contributed by atoms with Crippen molar-refractivity contribution in [3.05, 3.63) is 39.8 Å². The third-order valence-corrected chi connectivity index (χ3v) is 4.24. The third-order valence-electron chi connectivity index (χ3n) is 4.24. The maximum absolute atomic E-state index is 12.6. The third kappa shape index (κ3) is 3.63. The van der Waals surface area contributed by atoms with Crippen LogP contribution >= 0.6 is 0 Å². The van der Waals surface area contributed by atoms with Crippen LogP contribution in [0.15, 0.2) is 17.2 Å². The number of nitrogens with zero attached hydrogens (tertiary/aromatic N) is 4. The minimum absolute atomic E-state index is 0.0485. The lowest BCUT2D eigenvalue weighted by molar-refractivity contribution is 0.122. The summed E-state index contributed by atoms with van der Waals surface area (Å²) in [5.41, 5.74) is 2.21. The Morgan fingerprint density at radius 2 is 2.21 bits per heavy atom. The topological polar surface area (TPSA) is 64.7 Å². The number of hydrogen-bond acceptors (Lipinski definition) is 4. The Labute approximate surface area is 138 Å². The van der Waals surface area contributed by atoms with E-state index < -0.39 is 13.0 Å². The molecule has 0 amide bonds. The minimum atomic E-state index is -2.43. The maximum atomic E-state index is 12.6. The van der Waals surface area contributed by atoms with Crippen molar-refractivity contribution in [2.45, 2.75) is 52.1 Å². The molecule has 0 aromatic carbocycles. The Balaban J connectivity index is 1.65. The Kier molecular flexibility index (Phi) is 4.92. The second kappa shape index (κ2) is 7.11. The molecule has 1 aliphatic heterocycles. The standard InChI is InChI=1S/C16H21F2N5O/c1-11-13(16(24)23-7-3-2-4-15(23)21-11)5-6-19-12-8-20-22(9-12)10-14(17)18/h8-9,14,19H,2-7,10H2,1H3. The van der Waals surface area contributed by atoms with Crippen molar-refractivity contribution in [3.63, 3.8) is 0 Å². The van der Waals surface area contributed by atoms with Crippen molar-refractivity contribution in [2.75, 3.05) is 11.9 Å². The molecule has 2 aromatic heterocycles. The van der Waals surface area contributed by atoms with Crippen molar-refractivity contribution >= 4 is 5.69 Å². The largest absolute Gasteiger partial charge is 0.382 e. The monoisotopic (exact) mass is 337 g/mol. The fourth-order valence-electron chi connectivity index (χ4n) is 3.05. The van der Waals surface area contributed by atoms with Gasteiger partial charge in [0.25, 0.3) is 12.0 Å². The molecule has 0 bridgehead atoms. The number of aryl methyl sites for hydroxylation is 2. The predicted molar refractivity (Wildman–Crippen MR) is 86.6 cm³/mol. The highest BCUT2D eigenvalue weighted by molar-refractivity contribution is 5.38. The van der Waals surface area contributed by atoms with Crippen LogP contribution in [-0.2, 0) is 25.9 Å². The van der Waals surface area contributed by atoms with Crippen LogP contribution in [0.25, 0.3) is 0 Å². The highest BCUT2D eigenvalue weighted by Gasteiger charge is 2.16. The lowest BCUT2D eigenvalue weighted by Gasteiger charge is -2.19. The molecule has 0 unspecified atom stereocenters. The van der Waals surface area contributed by atoms with E-state index in [1.54, 1.807) is 4.57 Å². The number of aromatic nitrogens is 4. The van der Waals surface area contributed by atoms with Gasteiger partial charge in [-0.1, -0.05) is 0 Å². The molecule has 0 radical (unpaired) electrons. The maximum Gasteiger partial charge on any atom is 0.257 e. The highest BCUT2D eigenvalue weighted by atomic mass is 19.3. The predicted octanol–water partition coefficient (Wildman–Crippen LogP) is 2.00. The molecule has 0 fully saturated rings. The first-order valence-electron chi connectivity index (χ1n) is 8.18. The van der Waals surface area contributed by atoms with Crippen LogP contribution in [0.2, 0.25) is 0 Å². The molecule has 0 atom stereocenters. The van der Waals surface area contributed by atoms with E-state index >= 15 is 0 Å². The fourth-order valence-corrected chi connectivity index (χ4v) is 3.05. The zero-order chi connectivity index (χ0) is 17.1. The van der Waals surface area contributed by atoms with Gasteiger partial charge >= 0.3 is 0 Å². The first-order chi connectivity index (χ1) is 11.5. The van der Waals surface area contributed by atoms with E-state index in [9.17, 15) is 13.6 Å². The molecule has 8 heteroatoms. The van der Waals surface area contributed by atoms with Crippen LogP contribution < -0.4 is 10.9 Å². The van der Waals surface area contributed by atoms with Crippen molar-refractivity contribution in [2.24, 2.45) is 0 Å². The molecular formula is C16H21F2N5O. The molecule has 130 valence electrons. The molecule has 2 aromatic rings. The van der Waals surface area contributed by atoms with Gasteiger partial charge in [0.1, 0.15) is 12.4 Å². The zero-order valence-electron chi connectivity index (χ0n) is 13.6. The average Bonchev–Trinajstić information content (AvgIpc) is 2.97. The van der Waals surface area contributed by atoms with Crippen LogP contribution in [-0.4, -0.2) is 32.3 Å². The van der Waals surface area contributed by atoms with Gasteiger partial charge in [-0.3, -0.25) is 14.0 Å². The van der Waals surface area contributed by atoms with E-state index in [-0.39, 0.29) is 5.56 Å². The summed E-state index contributed by atoms with van der Waals surface area (Å²) in [4.78, 5) is 17.2. The first-order valence-corrected chi connectivity index (χ1v) is 8.18. The summed E-state index contributed by atoms with van der Waals surface area (Å²) in [6, 6.07) is 0. The Hall–Kier alpha value is -2.25. The van der Waals surface area contributed by atoms with Crippen LogP contribution in [0.4, 0.5) is 14.5 Å². The summed E-state index contributed by atoms with van der Waals surface area (Å²) in [6.07, 6.45) is 4.11. The quantitative estimate of drug-likeness (QED) is 0.876. The molecule has 3 rings (SSSR count). The number of alkyl halides is 2. The summed E-state index contributed by atoms with van der Waals surface area (Å²) in [7, 11) is 0. The fraction of sp³-hybridized carbons (Fsp3) is 0.562. The first kappa shape index (κ1) is 16.6. The van der Waals surface area contributed by atoms with Gasteiger partial charge in [0.2, 0.25) is 0 Å². The second-order valence-corrected chi connectivity index (χ2v) is 6.02. The normalized spacial score (nSPS) is 14.0. The van der Waals surface area contributed by atoms with Gasteiger partial charge in [0.15, 0.2) is 0 Å². The Morgan fingerprint density at radius 3 is 3.00 bits per heavy atom. The summed E-state index contributed by atoms with van der Waals surface area (Å²) in [6.45, 7) is 2.71. The van der Waals surface area contributed by atoms with E-state index in [1.807, 2.05) is 6.92 Å². The molecule has 1 aliphatic rings. The number of fused-ring (bicyclic) bond motifs is 1. The lowest BCUT2D eigenvalue weighted by Crippen LogP contribution is -2.32. The smallest absolute Gasteiger partial charge is 0.257 e. The SMILES string of the molecule is Cc1nc2n(c(=O)c1CCNc1cnn(CC(F)F)c1)CCCC2. The average molecular weight is 337 g/mol. The van der Waals surface area contributed by atoms with E-state index in [4.69, 9.17) is 0 Å². The van der Waals surface area contributed by atoms with Crippen LogP contribution in [0, 0.1) is 6.92 Å². The van der Waals surface area contributed by atoms with Gasteiger partial charge < -0.3 is 5.32 Å². The van der Waals surface area contributed by atoms with E-state index in [2.05, 4.69) is 15.4 Å². The van der Waals surface area contributed by atoms with Crippen LogP contribution in [0.3, 0.4) is 0 Å². The summed E-state index contributed by atoms with van der Waals surface area (Å²) in [5, 5.41) is 6.99. The molecular weight excluding hydrogens is 316 g/mol. The van der Waals surface area contributed by atoms with Gasteiger partial charge in [0.05, 0.1) is 11.9 Å². The Morgan fingerprint density at radius 1 is 1.38 bits per heavy atom. The van der Waals surface area contributed by atoms with Gasteiger partial charge in [-0.05, 0) is 26.2 Å². The number of halogens is 2. The zero-order valence-corrected chi connectivity index (χ0v) is 13.6. The highest BCUT2D eigenvalue weighted by Crippen LogP contribution is 2.13. The lowest BCUT2D eigenvalue weighted by atomic mass is 10.1. The molecule has 6 nitrogen and oxygen atoms in total. The van der Waals surface area contributed by atoms with Crippen molar-refractivity contribution < 1.29 is 8.78 Å².